The number of hydrogen-bond acceptors (Lipinski definition) is 5. The fraction of sp³-hybridized carbons (Fsp3) is 0.370. The van der Waals surface area contributed by atoms with E-state index >= 15 is 0 Å². The second kappa shape index (κ2) is 9.45. The maximum Gasteiger partial charge on any atom is 0.335 e. The van der Waals surface area contributed by atoms with Crippen LogP contribution in [-0.2, 0) is 18.4 Å². The van der Waals surface area contributed by atoms with Crippen molar-refractivity contribution in [2.45, 2.75) is 50.1 Å². The van der Waals surface area contributed by atoms with Crippen LogP contribution in [0.2, 0.25) is 5.02 Å². The normalized spacial score (nSPS) is 22.8. The summed E-state index contributed by atoms with van der Waals surface area (Å²) in [6, 6.07) is 15.7. The summed E-state index contributed by atoms with van der Waals surface area (Å²) in [6.45, 7) is 2.37. The summed E-state index contributed by atoms with van der Waals surface area (Å²) in [5.74, 6) is -0.931. The summed E-state index contributed by atoms with van der Waals surface area (Å²) < 4.78 is 0. The number of halogens is 1. The molecule has 1 aliphatic carbocycles. The summed E-state index contributed by atoms with van der Waals surface area (Å²) in [7, 11) is 0. The van der Waals surface area contributed by atoms with Gasteiger partial charge in [0.2, 0.25) is 0 Å². The monoisotopic (exact) mass is 476 g/mol. The molecule has 3 N–H and O–H groups in total. The molecule has 2 aliphatic rings. The number of carboxylic acid groups (broad SMARTS) is 1. The van der Waals surface area contributed by atoms with Crippen molar-refractivity contribution in [3.8, 4) is 11.3 Å². The lowest BCUT2D eigenvalue weighted by Crippen LogP contribution is -2.47. The molecule has 0 radical (unpaired) electrons. The Kier molecular flexibility index (Phi) is 6.38. The predicted molar refractivity (Wildman–Crippen MR) is 133 cm³/mol. The lowest BCUT2D eigenvalue weighted by atomic mass is 9.68. The zero-order chi connectivity index (χ0) is 23.7. The Bertz CT molecular complexity index is 1210. The Morgan fingerprint density at radius 1 is 1.15 bits per heavy atom. The molecule has 0 atom stereocenters. The molecule has 34 heavy (non-hydrogen) atoms. The molecule has 2 heterocycles. The van der Waals surface area contributed by atoms with Crippen LogP contribution in [0.15, 0.2) is 54.9 Å². The van der Waals surface area contributed by atoms with Crippen molar-refractivity contribution in [1.82, 2.24) is 14.9 Å². The predicted octanol–water partition coefficient (Wildman–Crippen LogP) is 4.69. The lowest BCUT2D eigenvalue weighted by molar-refractivity contribution is 0.0697. The van der Waals surface area contributed by atoms with Gasteiger partial charge in [-0.15, -0.1) is 0 Å². The van der Waals surface area contributed by atoms with Crippen LogP contribution in [0.25, 0.3) is 11.3 Å². The van der Waals surface area contributed by atoms with Gasteiger partial charge in [-0.1, -0.05) is 35.9 Å². The fourth-order valence-electron chi connectivity index (χ4n) is 5.68. The number of benzene rings is 2. The van der Waals surface area contributed by atoms with Crippen LogP contribution in [0.5, 0.6) is 0 Å². The number of nitrogens with two attached hydrogens (primary N) is 1. The first-order valence-corrected chi connectivity index (χ1v) is 12.2. The number of carbonyl (C=O) groups is 1. The van der Waals surface area contributed by atoms with Crippen molar-refractivity contribution in [3.05, 3.63) is 82.3 Å². The summed E-state index contributed by atoms with van der Waals surface area (Å²) in [4.78, 5) is 23.1. The smallest absolute Gasteiger partial charge is 0.335 e. The number of fused-ring (bicyclic) bond motifs is 1. The van der Waals surface area contributed by atoms with E-state index in [4.69, 9.17) is 17.3 Å². The Morgan fingerprint density at radius 3 is 2.68 bits per heavy atom. The van der Waals surface area contributed by atoms with Gasteiger partial charge in [-0.25, -0.2) is 14.8 Å². The minimum atomic E-state index is -0.931. The van der Waals surface area contributed by atoms with E-state index in [9.17, 15) is 9.90 Å². The highest BCUT2D eigenvalue weighted by molar-refractivity contribution is 6.30. The SMILES string of the molecule is NC[C@]1(c2cccc(Cl)c2)CC[C@H](N2CCc3c(ncnc3-c3cccc(C(=O)O)c3)C2)CC1. The van der Waals surface area contributed by atoms with Gasteiger partial charge in [0.05, 0.1) is 17.0 Å². The quantitative estimate of drug-likeness (QED) is 0.554. The van der Waals surface area contributed by atoms with Crippen LogP contribution in [0.1, 0.15) is 52.9 Å². The first-order chi connectivity index (χ1) is 16.5. The van der Waals surface area contributed by atoms with E-state index in [1.807, 2.05) is 18.2 Å². The topological polar surface area (TPSA) is 92.3 Å². The standard InChI is InChI=1S/C27H29ClN4O2/c28-21-6-2-5-20(14-21)27(16-29)10-7-22(8-11-27)32-12-9-23-24(15-32)30-17-31-25(23)18-3-1-4-19(13-18)26(33)34/h1-6,13-14,17,22H,7-12,15-16,29H2,(H,33,34)/t22-,27-. The van der Waals surface area contributed by atoms with Gasteiger partial charge in [0, 0.05) is 47.2 Å². The number of aromatic carboxylic acids is 1. The molecule has 0 saturated heterocycles. The molecular formula is C27H29ClN4O2. The molecule has 0 amide bonds. The maximum absolute atomic E-state index is 11.4. The molecule has 0 unspecified atom stereocenters. The minimum Gasteiger partial charge on any atom is -0.478 e. The van der Waals surface area contributed by atoms with Crippen molar-refractivity contribution >= 4 is 17.6 Å². The zero-order valence-corrected chi connectivity index (χ0v) is 19.8. The highest BCUT2D eigenvalue weighted by Gasteiger charge is 2.38. The third kappa shape index (κ3) is 4.33. The number of aromatic nitrogens is 2. The molecule has 1 fully saturated rings. The van der Waals surface area contributed by atoms with E-state index < -0.39 is 5.97 Å². The van der Waals surface area contributed by atoms with Gasteiger partial charge in [0.25, 0.3) is 0 Å². The Morgan fingerprint density at radius 2 is 1.94 bits per heavy atom. The molecule has 3 aromatic rings. The molecule has 0 bridgehead atoms. The van der Waals surface area contributed by atoms with Crippen LogP contribution in [-0.4, -0.2) is 45.1 Å². The van der Waals surface area contributed by atoms with E-state index in [1.165, 1.54) is 5.56 Å². The summed E-state index contributed by atoms with van der Waals surface area (Å²) in [6.07, 6.45) is 6.75. The average molecular weight is 477 g/mol. The molecule has 1 aliphatic heterocycles. The molecule has 2 aromatic carbocycles. The van der Waals surface area contributed by atoms with Crippen molar-refractivity contribution in [1.29, 1.82) is 0 Å². The second-order valence-corrected chi connectivity index (χ2v) is 9.92. The summed E-state index contributed by atoms with van der Waals surface area (Å²) in [5, 5.41) is 10.1. The molecular weight excluding hydrogens is 448 g/mol. The molecule has 5 rings (SSSR count). The Labute approximate surface area is 204 Å². The van der Waals surface area contributed by atoms with Gasteiger partial charge in [-0.2, -0.15) is 0 Å². The van der Waals surface area contributed by atoms with Crippen molar-refractivity contribution in [2.24, 2.45) is 5.73 Å². The van der Waals surface area contributed by atoms with E-state index in [0.717, 1.165) is 72.7 Å². The molecule has 7 heteroatoms. The first-order valence-electron chi connectivity index (χ1n) is 11.9. The van der Waals surface area contributed by atoms with Gasteiger partial charge in [0.1, 0.15) is 6.33 Å². The second-order valence-electron chi connectivity index (χ2n) is 9.48. The van der Waals surface area contributed by atoms with Gasteiger partial charge in [-0.05, 0) is 61.9 Å². The van der Waals surface area contributed by atoms with Crippen LogP contribution >= 0.6 is 11.6 Å². The third-order valence-corrected chi connectivity index (χ3v) is 7.91. The van der Waals surface area contributed by atoms with Crippen LogP contribution < -0.4 is 5.73 Å². The maximum atomic E-state index is 11.4. The van der Waals surface area contributed by atoms with Crippen molar-refractivity contribution in [3.63, 3.8) is 0 Å². The molecule has 1 aromatic heterocycles. The molecule has 6 nitrogen and oxygen atoms in total. The van der Waals surface area contributed by atoms with E-state index in [0.29, 0.717) is 12.6 Å². The Hall–Kier alpha value is -2.80. The number of carboxylic acids is 1. The van der Waals surface area contributed by atoms with Crippen molar-refractivity contribution < 1.29 is 9.90 Å². The number of rotatable bonds is 5. The first kappa shape index (κ1) is 23.0. The Balaban J connectivity index is 1.32. The van der Waals surface area contributed by atoms with Crippen LogP contribution in [0.3, 0.4) is 0 Å². The average Bonchev–Trinajstić information content (AvgIpc) is 2.88. The van der Waals surface area contributed by atoms with E-state index in [1.54, 1.807) is 24.5 Å². The number of hydrogen-bond donors (Lipinski definition) is 2. The van der Waals surface area contributed by atoms with E-state index in [-0.39, 0.29) is 11.0 Å². The fourth-order valence-corrected chi connectivity index (χ4v) is 5.87. The van der Waals surface area contributed by atoms with E-state index in [2.05, 4.69) is 27.0 Å². The van der Waals surface area contributed by atoms with Crippen molar-refractivity contribution in [2.75, 3.05) is 13.1 Å². The molecule has 1 saturated carbocycles. The van der Waals surface area contributed by atoms with Gasteiger partial charge >= 0.3 is 5.97 Å². The highest BCUT2D eigenvalue weighted by Crippen LogP contribution is 2.41. The minimum absolute atomic E-state index is 0.000406. The summed E-state index contributed by atoms with van der Waals surface area (Å²) in [5.41, 5.74) is 11.7. The van der Waals surface area contributed by atoms with Gasteiger partial charge in [0.15, 0.2) is 0 Å². The largest absolute Gasteiger partial charge is 0.478 e. The van der Waals surface area contributed by atoms with Crippen LogP contribution in [0.4, 0.5) is 0 Å². The van der Waals surface area contributed by atoms with Crippen LogP contribution in [0, 0.1) is 0 Å². The van der Waals surface area contributed by atoms with Gasteiger partial charge in [-0.3, -0.25) is 4.90 Å². The lowest BCUT2D eigenvalue weighted by Gasteiger charge is -2.44. The van der Waals surface area contributed by atoms with Gasteiger partial charge < -0.3 is 10.8 Å². The highest BCUT2D eigenvalue weighted by atomic mass is 35.5. The summed E-state index contributed by atoms with van der Waals surface area (Å²) >= 11 is 6.27. The molecule has 176 valence electrons. The molecule has 0 spiro atoms. The number of nitrogens with zero attached hydrogens (tertiary/aromatic N) is 3. The zero-order valence-electron chi connectivity index (χ0n) is 19.1. The third-order valence-electron chi connectivity index (χ3n) is 7.68.